The summed E-state index contributed by atoms with van der Waals surface area (Å²) in [4.78, 5) is 30.2. The Morgan fingerprint density at radius 1 is 1.03 bits per heavy atom. The minimum Gasteiger partial charge on any atom is -0.507 e. The first-order valence-corrected chi connectivity index (χ1v) is 11.7. The molecule has 0 bridgehead atoms. The predicted molar refractivity (Wildman–Crippen MR) is 141 cm³/mol. The number of aliphatic hydroxyl groups excluding tert-OH is 1. The second-order valence-corrected chi connectivity index (χ2v) is 8.77. The third-order valence-corrected chi connectivity index (χ3v) is 6.24. The summed E-state index contributed by atoms with van der Waals surface area (Å²) < 4.78 is 11.0. The summed E-state index contributed by atoms with van der Waals surface area (Å²) in [6, 6.07) is 19.0. The van der Waals surface area contributed by atoms with Crippen LogP contribution in [0.15, 0.2) is 72.3 Å². The minimum absolute atomic E-state index is 0.0315. The van der Waals surface area contributed by atoms with E-state index < -0.39 is 17.7 Å². The zero-order valence-electron chi connectivity index (χ0n) is 21.1. The Morgan fingerprint density at radius 2 is 1.75 bits per heavy atom. The lowest BCUT2D eigenvalue weighted by molar-refractivity contribution is -0.132. The Balaban J connectivity index is 1.91. The smallest absolute Gasteiger partial charge is 0.300 e. The maximum absolute atomic E-state index is 13.4. The molecule has 4 rings (SSSR count). The average molecular weight is 487 g/mol. The fraction of sp³-hybridized carbons (Fsp3) is 0.241. The number of carbonyl (C=O) groups is 2. The van der Waals surface area contributed by atoms with Crippen molar-refractivity contribution in [1.29, 1.82) is 0 Å². The summed E-state index contributed by atoms with van der Waals surface area (Å²) in [5.74, 6) is -0.439. The topological polar surface area (TPSA) is 79.3 Å². The van der Waals surface area contributed by atoms with Crippen LogP contribution in [-0.2, 0) is 9.59 Å². The molecule has 1 fully saturated rings. The summed E-state index contributed by atoms with van der Waals surface area (Å²) in [7, 11) is 5.44. The molecule has 0 aromatic heterocycles. The van der Waals surface area contributed by atoms with Gasteiger partial charge in [-0.2, -0.15) is 0 Å². The minimum atomic E-state index is -0.819. The van der Waals surface area contributed by atoms with Crippen LogP contribution >= 0.6 is 0 Å². The van der Waals surface area contributed by atoms with Gasteiger partial charge in [-0.25, -0.2) is 0 Å². The Morgan fingerprint density at radius 3 is 2.36 bits per heavy atom. The van der Waals surface area contributed by atoms with E-state index in [1.807, 2.05) is 57.1 Å². The molecule has 1 heterocycles. The van der Waals surface area contributed by atoms with Crippen molar-refractivity contribution >= 4 is 28.8 Å². The molecule has 1 aliphatic heterocycles. The fourth-order valence-electron chi connectivity index (χ4n) is 4.44. The zero-order valence-corrected chi connectivity index (χ0v) is 21.1. The molecule has 3 aromatic carbocycles. The van der Waals surface area contributed by atoms with Crippen LogP contribution in [0.1, 0.15) is 29.7 Å². The number of carbonyl (C=O) groups excluding carboxylic acids is 2. The highest BCUT2D eigenvalue weighted by Crippen LogP contribution is 2.43. The van der Waals surface area contributed by atoms with Crippen molar-refractivity contribution in [3.8, 4) is 11.5 Å². The van der Waals surface area contributed by atoms with E-state index in [0.717, 1.165) is 11.3 Å². The van der Waals surface area contributed by atoms with E-state index in [9.17, 15) is 14.7 Å². The summed E-state index contributed by atoms with van der Waals surface area (Å²) in [5, 5.41) is 11.4. The lowest BCUT2D eigenvalue weighted by Gasteiger charge is -2.26. The molecule has 7 nitrogen and oxygen atoms in total. The van der Waals surface area contributed by atoms with Crippen LogP contribution in [-0.4, -0.2) is 44.6 Å². The predicted octanol–water partition coefficient (Wildman–Crippen LogP) is 5.09. The SMILES string of the molecule is CCOc1cccc(N2C(=O)C(=O)/C(=C(/O)c3ccc(OC)c(C)c3)C2c2ccc(N(C)C)cc2)c1. The van der Waals surface area contributed by atoms with Gasteiger partial charge in [0.2, 0.25) is 0 Å². The molecule has 0 saturated carbocycles. The third kappa shape index (κ3) is 4.52. The van der Waals surface area contributed by atoms with Crippen molar-refractivity contribution in [1.82, 2.24) is 0 Å². The number of ether oxygens (including phenoxy) is 2. The van der Waals surface area contributed by atoms with Crippen LogP contribution in [0, 0.1) is 6.92 Å². The second kappa shape index (κ2) is 10.2. The number of hydrogen-bond acceptors (Lipinski definition) is 6. The van der Waals surface area contributed by atoms with E-state index in [-0.39, 0.29) is 11.3 Å². The molecule has 1 N–H and O–H groups in total. The molecule has 1 unspecified atom stereocenters. The Hall–Kier alpha value is -4.26. The van der Waals surface area contributed by atoms with Gasteiger partial charge >= 0.3 is 0 Å². The zero-order chi connectivity index (χ0) is 26.0. The maximum atomic E-state index is 13.4. The lowest BCUT2D eigenvalue weighted by atomic mass is 9.94. The summed E-state index contributed by atoms with van der Waals surface area (Å²) in [6.45, 7) is 4.20. The number of benzene rings is 3. The molecular weight excluding hydrogens is 456 g/mol. The Kier molecular flexibility index (Phi) is 7.01. The van der Waals surface area contributed by atoms with Gasteiger partial charge in [0.25, 0.3) is 11.7 Å². The number of aliphatic hydroxyl groups is 1. The molecule has 3 aromatic rings. The van der Waals surface area contributed by atoms with Gasteiger partial charge in [0.1, 0.15) is 17.3 Å². The van der Waals surface area contributed by atoms with Gasteiger partial charge in [-0.15, -0.1) is 0 Å². The van der Waals surface area contributed by atoms with E-state index in [0.29, 0.717) is 34.9 Å². The van der Waals surface area contributed by atoms with Crippen LogP contribution in [0.25, 0.3) is 5.76 Å². The second-order valence-electron chi connectivity index (χ2n) is 8.77. The molecular formula is C29H30N2O5. The first-order valence-electron chi connectivity index (χ1n) is 11.7. The molecule has 1 amide bonds. The van der Waals surface area contributed by atoms with E-state index in [1.54, 1.807) is 49.6 Å². The number of rotatable bonds is 7. The number of aryl methyl sites for hydroxylation is 1. The summed E-state index contributed by atoms with van der Waals surface area (Å²) in [6.07, 6.45) is 0. The van der Waals surface area contributed by atoms with Crippen LogP contribution in [0.5, 0.6) is 11.5 Å². The monoisotopic (exact) mass is 486 g/mol. The lowest BCUT2D eigenvalue weighted by Crippen LogP contribution is -2.29. The van der Waals surface area contributed by atoms with Crippen molar-refractivity contribution in [3.63, 3.8) is 0 Å². The highest BCUT2D eigenvalue weighted by atomic mass is 16.5. The molecule has 36 heavy (non-hydrogen) atoms. The molecule has 7 heteroatoms. The van der Waals surface area contributed by atoms with Gasteiger partial charge in [-0.3, -0.25) is 14.5 Å². The molecule has 1 atom stereocenters. The van der Waals surface area contributed by atoms with Crippen molar-refractivity contribution in [2.24, 2.45) is 0 Å². The quantitative estimate of drug-likeness (QED) is 0.285. The van der Waals surface area contributed by atoms with E-state index in [1.165, 1.54) is 4.90 Å². The highest BCUT2D eigenvalue weighted by Gasteiger charge is 2.47. The van der Waals surface area contributed by atoms with Crippen molar-refractivity contribution in [3.05, 3.63) is 89.0 Å². The number of nitrogens with zero attached hydrogens (tertiary/aromatic N) is 2. The Labute approximate surface area is 211 Å². The first kappa shape index (κ1) is 24.9. The maximum Gasteiger partial charge on any atom is 0.300 e. The number of amides is 1. The number of methoxy groups -OCH3 is 1. The number of anilines is 2. The van der Waals surface area contributed by atoms with E-state index in [4.69, 9.17) is 9.47 Å². The van der Waals surface area contributed by atoms with Gasteiger partial charge in [0.05, 0.1) is 25.3 Å². The van der Waals surface area contributed by atoms with Crippen molar-refractivity contribution in [2.45, 2.75) is 19.9 Å². The van der Waals surface area contributed by atoms with E-state index >= 15 is 0 Å². The van der Waals surface area contributed by atoms with Crippen molar-refractivity contribution < 1.29 is 24.2 Å². The van der Waals surface area contributed by atoms with Gasteiger partial charge in [-0.05, 0) is 67.4 Å². The number of hydrogen-bond donors (Lipinski definition) is 1. The van der Waals surface area contributed by atoms with Crippen LogP contribution < -0.4 is 19.3 Å². The van der Waals surface area contributed by atoms with Crippen molar-refractivity contribution in [2.75, 3.05) is 37.6 Å². The summed E-state index contributed by atoms with van der Waals surface area (Å²) >= 11 is 0. The van der Waals surface area contributed by atoms with Gasteiger partial charge in [0, 0.05) is 37.1 Å². The standard InChI is InChI=1S/C29H30N2O5/c1-6-36-23-9-7-8-22(17-23)31-26(19-10-13-21(14-11-19)30(3)4)25(28(33)29(31)34)27(32)20-12-15-24(35-5)18(2)16-20/h7-17,26,32H,6H2,1-5H3/b27-25+. The molecule has 0 radical (unpaired) electrons. The Bertz CT molecular complexity index is 1330. The third-order valence-electron chi connectivity index (χ3n) is 6.24. The number of ketones is 1. The summed E-state index contributed by atoms with van der Waals surface area (Å²) in [5.41, 5.74) is 3.45. The van der Waals surface area contributed by atoms with Crippen LogP contribution in [0.4, 0.5) is 11.4 Å². The molecule has 0 spiro atoms. The van der Waals surface area contributed by atoms with Crippen LogP contribution in [0.2, 0.25) is 0 Å². The fourth-order valence-corrected chi connectivity index (χ4v) is 4.44. The average Bonchev–Trinajstić information content (AvgIpc) is 3.14. The van der Waals surface area contributed by atoms with E-state index in [2.05, 4.69) is 0 Å². The molecule has 1 aliphatic rings. The number of Topliss-reactive ketones (excluding diaryl/α,β-unsaturated/α-hetero) is 1. The molecule has 1 saturated heterocycles. The molecule has 186 valence electrons. The molecule has 0 aliphatic carbocycles. The normalized spacial score (nSPS) is 16.8. The largest absolute Gasteiger partial charge is 0.507 e. The van der Waals surface area contributed by atoms with Gasteiger partial charge < -0.3 is 19.5 Å². The van der Waals surface area contributed by atoms with Crippen LogP contribution in [0.3, 0.4) is 0 Å². The van der Waals surface area contributed by atoms with Gasteiger partial charge in [0.15, 0.2) is 0 Å². The van der Waals surface area contributed by atoms with Gasteiger partial charge in [-0.1, -0.05) is 18.2 Å². The first-order chi connectivity index (χ1) is 17.3. The highest BCUT2D eigenvalue weighted by molar-refractivity contribution is 6.51.